The minimum Gasteiger partial charge on any atom is -0.494 e. The number of hydrogen-bond acceptors (Lipinski definition) is 5. The van der Waals surface area contributed by atoms with Gasteiger partial charge in [0, 0.05) is 24.3 Å². The van der Waals surface area contributed by atoms with Crippen molar-refractivity contribution in [3.8, 4) is 17.0 Å². The number of carbonyl (C=O) groups is 1. The lowest BCUT2D eigenvalue weighted by atomic mass is 10.1. The van der Waals surface area contributed by atoms with E-state index in [1.165, 1.54) is 25.7 Å². The Morgan fingerprint density at radius 2 is 1.75 bits per heavy atom. The normalized spacial score (nSPS) is 14.0. The van der Waals surface area contributed by atoms with Gasteiger partial charge >= 0.3 is 0 Å². The summed E-state index contributed by atoms with van der Waals surface area (Å²) >= 11 is 0. The van der Waals surface area contributed by atoms with Gasteiger partial charge in [0.2, 0.25) is 5.91 Å². The molecule has 4 rings (SSSR count). The maximum atomic E-state index is 12.5. The highest BCUT2D eigenvalue weighted by Crippen LogP contribution is 2.23. The summed E-state index contributed by atoms with van der Waals surface area (Å²) in [5.41, 5.74) is 3.42. The Hall–Kier alpha value is -3.41. The van der Waals surface area contributed by atoms with Crippen molar-refractivity contribution >= 4 is 17.4 Å². The summed E-state index contributed by atoms with van der Waals surface area (Å²) in [4.78, 5) is 14.8. The summed E-state index contributed by atoms with van der Waals surface area (Å²) in [5, 5.41) is 11.9. The van der Waals surface area contributed by atoms with Crippen molar-refractivity contribution in [2.75, 3.05) is 29.9 Å². The van der Waals surface area contributed by atoms with Crippen molar-refractivity contribution in [2.45, 2.75) is 39.0 Å². The van der Waals surface area contributed by atoms with Gasteiger partial charge in [-0.3, -0.25) is 4.79 Å². The summed E-state index contributed by atoms with van der Waals surface area (Å²) in [6, 6.07) is 19.4. The van der Waals surface area contributed by atoms with Crippen LogP contribution < -0.4 is 15.0 Å². The van der Waals surface area contributed by atoms with Gasteiger partial charge in [-0.05, 0) is 61.7 Å². The molecule has 6 heteroatoms. The molecule has 6 nitrogen and oxygen atoms in total. The maximum Gasteiger partial charge on any atom is 0.228 e. The molecular formula is C26H30N4O2. The second kappa shape index (κ2) is 10.8. The van der Waals surface area contributed by atoms with Crippen LogP contribution in [0.15, 0.2) is 60.7 Å². The third kappa shape index (κ3) is 5.84. The largest absolute Gasteiger partial charge is 0.494 e. The van der Waals surface area contributed by atoms with Gasteiger partial charge in [0.15, 0.2) is 5.82 Å². The number of benzene rings is 2. The van der Waals surface area contributed by atoms with E-state index in [1.807, 2.05) is 67.6 Å². The summed E-state index contributed by atoms with van der Waals surface area (Å²) in [5.74, 6) is 1.69. The van der Waals surface area contributed by atoms with E-state index >= 15 is 0 Å². The van der Waals surface area contributed by atoms with E-state index < -0.39 is 0 Å². The van der Waals surface area contributed by atoms with E-state index in [2.05, 4.69) is 20.4 Å². The molecule has 2 aromatic carbocycles. The third-order valence-corrected chi connectivity index (χ3v) is 5.62. The van der Waals surface area contributed by atoms with Gasteiger partial charge in [0.05, 0.1) is 18.7 Å². The minimum absolute atomic E-state index is 0.0612. The van der Waals surface area contributed by atoms with E-state index in [-0.39, 0.29) is 5.91 Å². The molecule has 1 amide bonds. The molecule has 0 radical (unpaired) electrons. The molecule has 1 saturated heterocycles. The van der Waals surface area contributed by atoms with Crippen LogP contribution in [0.4, 0.5) is 11.5 Å². The number of amides is 1. The first kappa shape index (κ1) is 21.8. The Bertz CT molecular complexity index is 1010. The van der Waals surface area contributed by atoms with Crippen molar-refractivity contribution in [1.29, 1.82) is 0 Å². The molecule has 1 aliphatic rings. The molecule has 0 saturated carbocycles. The molecular weight excluding hydrogens is 400 g/mol. The number of carbonyl (C=O) groups excluding carboxylic acids is 1. The lowest BCUT2D eigenvalue weighted by Gasteiger charge is -2.20. The molecule has 2 heterocycles. The SMILES string of the molecule is CCOc1ccc(CC(=O)Nc2cccc(-c3ccc(N4CCCCCC4)nn3)c2)cc1. The molecule has 1 N–H and O–H groups in total. The topological polar surface area (TPSA) is 67.3 Å². The van der Waals surface area contributed by atoms with Gasteiger partial charge in [-0.25, -0.2) is 0 Å². The van der Waals surface area contributed by atoms with Gasteiger partial charge in [0.25, 0.3) is 0 Å². The number of hydrogen-bond donors (Lipinski definition) is 1. The second-order valence-electron chi connectivity index (χ2n) is 8.06. The van der Waals surface area contributed by atoms with Crippen molar-refractivity contribution < 1.29 is 9.53 Å². The molecule has 0 bridgehead atoms. The fourth-order valence-electron chi connectivity index (χ4n) is 3.96. The maximum absolute atomic E-state index is 12.5. The first-order valence-electron chi connectivity index (χ1n) is 11.4. The monoisotopic (exact) mass is 430 g/mol. The van der Waals surface area contributed by atoms with E-state index in [9.17, 15) is 4.79 Å². The summed E-state index contributed by atoms with van der Waals surface area (Å²) in [6.07, 6.45) is 5.31. The second-order valence-corrected chi connectivity index (χ2v) is 8.06. The third-order valence-electron chi connectivity index (χ3n) is 5.62. The van der Waals surface area contributed by atoms with E-state index in [0.29, 0.717) is 13.0 Å². The summed E-state index contributed by atoms with van der Waals surface area (Å²) < 4.78 is 5.45. The average molecular weight is 431 g/mol. The van der Waals surface area contributed by atoms with Crippen LogP contribution in [0.5, 0.6) is 5.75 Å². The number of aromatic nitrogens is 2. The zero-order chi connectivity index (χ0) is 22.2. The zero-order valence-corrected chi connectivity index (χ0v) is 18.6. The molecule has 1 fully saturated rings. The molecule has 0 atom stereocenters. The van der Waals surface area contributed by atoms with Crippen molar-refractivity contribution in [3.05, 3.63) is 66.2 Å². The van der Waals surface area contributed by atoms with Crippen LogP contribution in [-0.2, 0) is 11.2 Å². The Kier molecular flexibility index (Phi) is 7.33. The average Bonchev–Trinajstić information content (AvgIpc) is 3.10. The molecule has 0 aliphatic carbocycles. The fraction of sp³-hybridized carbons (Fsp3) is 0.346. The van der Waals surface area contributed by atoms with Crippen LogP contribution in [0.3, 0.4) is 0 Å². The molecule has 1 aromatic heterocycles. The Morgan fingerprint density at radius 3 is 2.44 bits per heavy atom. The summed E-state index contributed by atoms with van der Waals surface area (Å²) in [6.45, 7) is 4.67. The highest BCUT2D eigenvalue weighted by Gasteiger charge is 2.12. The molecule has 0 unspecified atom stereocenters. The minimum atomic E-state index is -0.0612. The molecule has 32 heavy (non-hydrogen) atoms. The Balaban J connectivity index is 1.39. The van der Waals surface area contributed by atoms with E-state index in [1.54, 1.807) is 0 Å². The predicted molar refractivity (Wildman–Crippen MR) is 128 cm³/mol. The highest BCUT2D eigenvalue weighted by atomic mass is 16.5. The Labute approximate surface area is 189 Å². The van der Waals surface area contributed by atoms with Crippen LogP contribution in [0, 0.1) is 0 Å². The smallest absolute Gasteiger partial charge is 0.228 e. The van der Waals surface area contributed by atoms with Crippen LogP contribution in [0.25, 0.3) is 11.3 Å². The van der Waals surface area contributed by atoms with Gasteiger partial charge in [0.1, 0.15) is 5.75 Å². The quantitative estimate of drug-likeness (QED) is 0.565. The fourth-order valence-corrected chi connectivity index (χ4v) is 3.96. The van der Waals surface area contributed by atoms with Crippen LogP contribution in [-0.4, -0.2) is 35.8 Å². The van der Waals surface area contributed by atoms with Gasteiger partial charge < -0.3 is 15.0 Å². The van der Waals surface area contributed by atoms with Crippen molar-refractivity contribution in [2.24, 2.45) is 0 Å². The number of nitrogens with one attached hydrogen (secondary N) is 1. The molecule has 0 spiro atoms. The van der Waals surface area contributed by atoms with Crippen molar-refractivity contribution in [1.82, 2.24) is 10.2 Å². The lowest BCUT2D eigenvalue weighted by molar-refractivity contribution is -0.115. The van der Waals surface area contributed by atoms with Crippen LogP contribution >= 0.6 is 0 Å². The van der Waals surface area contributed by atoms with Gasteiger partial charge in [-0.15, -0.1) is 10.2 Å². The zero-order valence-electron chi connectivity index (χ0n) is 18.6. The lowest BCUT2D eigenvalue weighted by Crippen LogP contribution is -2.25. The number of nitrogens with zero attached hydrogens (tertiary/aromatic N) is 3. The first-order valence-corrected chi connectivity index (χ1v) is 11.4. The first-order chi connectivity index (χ1) is 15.7. The summed E-state index contributed by atoms with van der Waals surface area (Å²) in [7, 11) is 0. The molecule has 1 aliphatic heterocycles. The number of anilines is 2. The molecule has 3 aromatic rings. The number of rotatable bonds is 7. The van der Waals surface area contributed by atoms with Crippen molar-refractivity contribution in [3.63, 3.8) is 0 Å². The highest BCUT2D eigenvalue weighted by molar-refractivity contribution is 5.92. The van der Waals surface area contributed by atoms with E-state index in [0.717, 1.165) is 47.2 Å². The number of ether oxygens (including phenoxy) is 1. The standard InChI is InChI=1S/C26H30N4O2/c1-2-32-23-12-10-20(11-13-23)18-26(31)27-22-9-7-8-21(19-22)24-14-15-25(29-28-24)30-16-5-3-4-6-17-30/h7-15,19H,2-6,16-18H2,1H3,(H,27,31). The Morgan fingerprint density at radius 1 is 0.969 bits per heavy atom. The molecule has 166 valence electrons. The van der Waals surface area contributed by atoms with Crippen LogP contribution in [0.2, 0.25) is 0 Å². The van der Waals surface area contributed by atoms with Crippen LogP contribution in [0.1, 0.15) is 38.2 Å². The van der Waals surface area contributed by atoms with E-state index in [4.69, 9.17) is 4.74 Å². The van der Waals surface area contributed by atoms with Gasteiger partial charge in [-0.2, -0.15) is 0 Å². The van der Waals surface area contributed by atoms with Gasteiger partial charge in [-0.1, -0.05) is 37.1 Å². The predicted octanol–water partition coefficient (Wildman–Crippen LogP) is 5.10.